The summed E-state index contributed by atoms with van der Waals surface area (Å²) >= 11 is 0. The van der Waals surface area contributed by atoms with Gasteiger partial charge in [-0.1, -0.05) is 48.5 Å². The first-order chi connectivity index (χ1) is 12.4. The molecule has 3 nitrogen and oxygen atoms in total. The number of hydrogen-bond donors (Lipinski definition) is 1. The highest BCUT2D eigenvalue weighted by Crippen LogP contribution is 2.36. The van der Waals surface area contributed by atoms with E-state index in [0.29, 0.717) is 0 Å². The maximum Gasteiger partial charge on any atom is 0.0965 e. The highest BCUT2D eigenvalue weighted by molar-refractivity contribution is 6.12. The molecule has 1 N–H and O–H groups in total. The number of hydrogen-bond acceptors (Lipinski definition) is 2. The summed E-state index contributed by atoms with van der Waals surface area (Å²) in [6.45, 7) is 0. The molecule has 3 heteroatoms. The van der Waals surface area contributed by atoms with Gasteiger partial charge in [-0.25, -0.2) is 0 Å². The van der Waals surface area contributed by atoms with E-state index in [2.05, 4.69) is 63.5 Å². The Labute approximate surface area is 145 Å². The van der Waals surface area contributed by atoms with Gasteiger partial charge in [0.2, 0.25) is 0 Å². The number of aromatic amines is 1. The van der Waals surface area contributed by atoms with Gasteiger partial charge in [0.05, 0.1) is 16.9 Å². The SMILES string of the molecule is c1ccc(-c2ncccc2-c2cccc3c2[nH]c2ccccc23)nc1. The second-order valence-electron chi connectivity index (χ2n) is 6.01. The van der Waals surface area contributed by atoms with Gasteiger partial charge in [-0.2, -0.15) is 0 Å². The summed E-state index contributed by atoms with van der Waals surface area (Å²) in [6, 6.07) is 24.8. The number of pyridine rings is 2. The minimum atomic E-state index is 0.881. The zero-order chi connectivity index (χ0) is 16.6. The molecule has 0 amide bonds. The summed E-state index contributed by atoms with van der Waals surface area (Å²) in [4.78, 5) is 12.7. The maximum atomic E-state index is 4.61. The topological polar surface area (TPSA) is 41.6 Å². The molecule has 0 aliphatic heterocycles. The van der Waals surface area contributed by atoms with Crippen molar-refractivity contribution in [2.75, 3.05) is 0 Å². The molecular weight excluding hydrogens is 306 g/mol. The van der Waals surface area contributed by atoms with E-state index in [-0.39, 0.29) is 0 Å². The molecule has 0 unspecified atom stereocenters. The number of H-pyrrole nitrogens is 1. The van der Waals surface area contributed by atoms with E-state index in [1.165, 1.54) is 10.8 Å². The van der Waals surface area contributed by atoms with Crippen LogP contribution in [0.2, 0.25) is 0 Å². The van der Waals surface area contributed by atoms with Crippen LogP contribution in [0.4, 0.5) is 0 Å². The largest absolute Gasteiger partial charge is 0.354 e. The van der Waals surface area contributed by atoms with Crippen LogP contribution in [0, 0.1) is 0 Å². The van der Waals surface area contributed by atoms with Crippen molar-refractivity contribution in [1.29, 1.82) is 0 Å². The maximum absolute atomic E-state index is 4.61. The molecule has 0 bridgehead atoms. The molecule has 118 valence electrons. The van der Waals surface area contributed by atoms with Crippen molar-refractivity contribution in [3.8, 4) is 22.5 Å². The van der Waals surface area contributed by atoms with Gasteiger partial charge >= 0.3 is 0 Å². The molecule has 5 aromatic rings. The highest BCUT2D eigenvalue weighted by Gasteiger charge is 2.14. The molecule has 0 aliphatic carbocycles. The molecule has 0 saturated heterocycles. The average Bonchev–Trinajstić information content (AvgIpc) is 3.07. The Morgan fingerprint density at radius 2 is 1.40 bits per heavy atom. The molecule has 3 aromatic heterocycles. The smallest absolute Gasteiger partial charge is 0.0965 e. The fourth-order valence-electron chi connectivity index (χ4n) is 3.43. The van der Waals surface area contributed by atoms with Crippen molar-refractivity contribution >= 4 is 21.8 Å². The molecular formula is C22H15N3. The van der Waals surface area contributed by atoms with Crippen molar-refractivity contribution in [2.45, 2.75) is 0 Å². The van der Waals surface area contributed by atoms with Crippen LogP contribution in [0.25, 0.3) is 44.3 Å². The first-order valence-electron chi connectivity index (χ1n) is 8.28. The van der Waals surface area contributed by atoms with Crippen molar-refractivity contribution in [3.05, 3.63) is 85.2 Å². The Balaban J connectivity index is 1.83. The molecule has 0 radical (unpaired) electrons. The number of rotatable bonds is 2. The first-order valence-corrected chi connectivity index (χ1v) is 8.28. The van der Waals surface area contributed by atoms with Crippen LogP contribution in [-0.2, 0) is 0 Å². The van der Waals surface area contributed by atoms with Gasteiger partial charge in [0, 0.05) is 39.8 Å². The Kier molecular flexibility index (Phi) is 3.10. The number of para-hydroxylation sites is 2. The van der Waals surface area contributed by atoms with Crippen LogP contribution in [0.15, 0.2) is 85.2 Å². The summed E-state index contributed by atoms with van der Waals surface area (Å²) < 4.78 is 0. The van der Waals surface area contributed by atoms with Crippen LogP contribution in [-0.4, -0.2) is 15.0 Å². The van der Waals surface area contributed by atoms with Crippen LogP contribution in [0.5, 0.6) is 0 Å². The van der Waals surface area contributed by atoms with Crippen LogP contribution < -0.4 is 0 Å². The second kappa shape index (κ2) is 5.56. The number of aromatic nitrogens is 3. The first kappa shape index (κ1) is 13.9. The van der Waals surface area contributed by atoms with Crippen molar-refractivity contribution < 1.29 is 0 Å². The second-order valence-corrected chi connectivity index (χ2v) is 6.01. The molecule has 25 heavy (non-hydrogen) atoms. The monoisotopic (exact) mass is 321 g/mol. The Hall–Kier alpha value is -3.46. The lowest BCUT2D eigenvalue weighted by molar-refractivity contribution is 1.25. The zero-order valence-electron chi connectivity index (χ0n) is 13.5. The summed E-state index contributed by atoms with van der Waals surface area (Å²) in [6.07, 6.45) is 3.62. The minimum absolute atomic E-state index is 0.881. The fourth-order valence-corrected chi connectivity index (χ4v) is 3.43. The highest BCUT2D eigenvalue weighted by atomic mass is 14.8. The molecule has 0 aliphatic rings. The summed E-state index contributed by atoms with van der Waals surface area (Å²) in [5, 5.41) is 2.46. The minimum Gasteiger partial charge on any atom is -0.354 e. The van der Waals surface area contributed by atoms with Gasteiger partial charge in [0.15, 0.2) is 0 Å². The number of fused-ring (bicyclic) bond motifs is 3. The van der Waals surface area contributed by atoms with Crippen molar-refractivity contribution in [1.82, 2.24) is 15.0 Å². The standard InChI is InChI=1S/C22H15N3/c1-2-11-19-15(7-1)16-8-5-9-17(21(16)25-19)18-10-6-14-24-22(18)20-12-3-4-13-23-20/h1-14,25H. The molecule has 0 atom stereocenters. The van der Waals surface area contributed by atoms with Gasteiger partial charge in [-0.05, 0) is 24.3 Å². The zero-order valence-corrected chi connectivity index (χ0v) is 13.5. The van der Waals surface area contributed by atoms with Crippen molar-refractivity contribution in [3.63, 3.8) is 0 Å². The lowest BCUT2D eigenvalue weighted by Gasteiger charge is -2.09. The van der Waals surface area contributed by atoms with E-state index in [0.717, 1.165) is 33.5 Å². The van der Waals surface area contributed by atoms with E-state index >= 15 is 0 Å². The fraction of sp³-hybridized carbons (Fsp3) is 0. The van der Waals surface area contributed by atoms with Gasteiger partial charge < -0.3 is 4.98 Å². The lowest BCUT2D eigenvalue weighted by Crippen LogP contribution is -1.91. The van der Waals surface area contributed by atoms with Gasteiger partial charge in [0.1, 0.15) is 0 Å². The third-order valence-corrected chi connectivity index (χ3v) is 4.55. The molecule has 2 aromatic carbocycles. The predicted molar refractivity (Wildman–Crippen MR) is 102 cm³/mol. The lowest BCUT2D eigenvalue weighted by atomic mass is 9.99. The van der Waals surface area contributed by atoms with Crippen LogP contribution in [0.3, 0.4) is 0 Å². The average molecular weight is 321 g/mol. The van der Waals surface area contributed by atoms with E-state index in [1.54, 1.807) is 6.20 Å². The van der Waals surface area contributed by atoms with E-state index < -0.39 is 0 Å². The van der Waals surface area contributed by atoms with E-state index in [9.17, 15) is 0 Å². The normalized spacial score (nSPS) is 11.2. The van der Waals surface area contributed by atoms with Gasteiger partial charge in [0.25, 0.3) is 0 Å². The van der Waals surface area contributed by atoms with E-state index in [4.69, 9.17) is 0 Å². The summed E-state index contributed by atoms with van der Waals surface area (Å²) in [5.41, 5.74) is 6.28. The Bertz CT molecular complexity index is 1190. The number of nitrogens with one attached hydrogen (secondary N) is 1. The van der Waals surface area contributed by atoms with E-state index in [1.807, 2.05) is 30.5 Å². The van der Waals surface area contributed by atoms with Crippen molar-refractivity contribution in [2.24, 2.45) is 0 Å². The number of benzene rings is 2. The van der Waals surface area contributed by atoms with Crippen LogP contribution in [0.1, 0.15) is 0 Å². The summed E-state index contributed by atoms with van der Waals surface area (Å²) in [5.74, 6) is 0. The third-order valence-electron chi connectivity index (χ3n) is 4.55. The Morgan fingerprint density at radius 3 is 2.32 bits per heavy atom. The molecule has 5 rings (SSSR count). The van der Waals surface area contributed by atoms with Gasteiger partial charge in [-0.3, -0.25) is 9.97 Å². The van der Waals surface area contributed by atoms with Gasteiger partial charge in [-0.15, -0.1) is 0 Å². The summed E-state index contributed by atoms with van der Waals surface area (Å²) in [7, 11) is 0. The molecule has 0 spiro atoms. The molecule has 3 heterocycles. The third kappa shape index (κ3) is 2.21. The molecule has 0 fully saturated rings. The molecule has 0 saturated carbocycles. The quantitative estimate of drug-likeness (QED) is 0.470. The van der Waals surface area contributed by atoms with Crippen LogP contribution >= 0.6 is 0 Å². The Morgan fingerprint density at radius 1 is 0.600 bits per heavy atom. The predicted octanol–water partition coefficient (Wildman–Crippen LogP) is 5.45. The number of nitrogens with zero attached hydrogens (tertiary/aromatic N) is 2.